The summed E-state index contributed by atoms with van der Waals surface area (Å²) in [6.07, 6.45) is 4.91. The van der Waals surface area contributed by atoms with Crippen LogP contribution in [0.3, 0.4) is 0 Å². The van der Waals surface area contributed by atoms with Crippen molar-refractivity contribution in [2.24, 2.45) is 0 Å². The van der Waals surface area contributed by atoms with E-state index in [1.165, 1.54) is 0 Å². The standard InChI is InChI=1S/C24H27Cl3N2O2/c1-2-22(24(31)28-19-8-3-4-9-19)29(15-17-10-11-20(26)21(27)13-17)23(30)14-16-6-5-7-18(25)12-16/h5-7,10-13,19,22H,2-4,8-9,14-15H2,1H3,(H,28,31). The van der Waals surface area contributed by atoms with E-state index in [2.05, 4.69) is 5.32 Å². The Morgan fingerprint density at radius 3 is 2.42 bits per heavy atom. The van der Waals surface area contributed by atoms with Crippen molar-refractivity contribution >= 4 is 46.6 Å². The molecule has 0 radical (unpaired) electrons. The van der Waals surface area contributed by atoms with Crippen molar-refractivity contribution in [1.82, 2.24) is 10.2 Å². The summed E-state index contributed by atoms with van der Waals surface area (Å²) < 4.78 is 0. The minimum atomic E-state index is -0.568. The first-order valence-corrected chi connectivity index (χ1v) is 11.8. The lowest BCUT2D eigenvalue weighted by atomic mass is 10.1. The molecule has 1 N–H and O–H groups in total. The molecule has 0 aliphatic heterocycles. The van der Waals surface area contributed by atoms with Gasteiger partial charge < -0.3 is 10.2 Å². The Kier molecular flexibility index (Phi) is 8.65. The second kappa shape index (κ2) is 11.2. The first-order valence-electron chi connectivity index (χ1n) is 10.7. The number of nitrogens with one attached hydrogen (secondary N) is 1. The van der Waals surface area contributed by atoms with Crippen molar-refractivity contribution in [3.8, 4) is 0 Å². The number of hydrogen-bond acceptors (Lipinski definition) is 2. The van der Waals surface area contributed by atoms with Crippen LogP contribution in [0.25, 0.3) is 0 Å². The molecule has 3 rings (SSSR count). The van der Waals surface area contributed by atoms with E-state index in [0.29, 0.717) is 21.5 Å². The van der Waals surface area contributed by atoms with Crippen LogP contribution >= 0.6 is 34.8 Å². The molecule has 0 aromatic heterocycles. The number of benzene rings is 2. The lowest BCUT2D eigenvalue weighted by Gasteiger charge is -2.31. The molecule has 2 amide bonds. The number of rotatable bonds is 8. The first kappa shape index (κ1) is 23.9. The van der Waals surface area contributed by atoms with Crippen molar-refractivity contribution in [2.75, 3.05) is 0 Å². The van der Waals surface area contributed by atoms with Crippen LogP contribution in [-0.2, 0) is 22.6 Å². The second-order valence-corrected chi connectivity index (χ2v) is 9.24. The molecule has 1 aliphatic carbocycles. The summed E-state index contributed by atoms with van der Waals surface area (Å²) in [4.78, 5) is 28.1. The van der Waals surface area contributed by atoms with E-state index >= 15 is 0 Å². The summed E-state index contributed by atoms with van der Waals surface area (Å²) in [6, 6.07) is 12.1. The van der Waals surface area contributed by atoms with Gasteiger partial charge in [0.1, 0.15) is 6.04 Å². The topological polar surface area (TPSA) is 49.4 Å². The lowest BCUT2D eigenvalue weighted by Crippen LogP contribution is -2.51. The molecule has 0 saturated heterocycles. The smallest absolute Gasteiger partial charge is 0.243 e. The molecule has 1 unspecified atom stereocenters. The summed E-state index contributed by atoms with van der Waals surface area (Å²) in [5.74, 6) is -0.240. The van der Waals surface area contributed by atoms with Gasteiger partial charge in [0.25, 0.3) is 0 Å². The van der Waals surface area contributed by atoms with Gasteiger partial charge in [-0.15, -0.1) is 0 Å². The number of carbonyl (C=O) groups is 2. The molecular formula is C24H27Cl3N2O2. The molecular weight excluding hydrogens is 455 g/mol. The highest BCUT2D eigenvalue weighted by atomic mass is 35.5. The summed E-state index contributed by atoms with van der Waals surface area (Å²) in [5, 5.41) is 4.59. The highest BCUT2D eigenvalue weighted by Crippen LogP contribution is 2.25. The van der Waals surface area contributed by atoms with Crippen molar-refractivity contribution in [3.05, 3.63) is 68.7 Å². The summed E-state index contributed by atoms with van der Waals surface area (Å²) >= 11 is 18.3. The largest absolute Gasteiger partial charge is 0.352 e. The fraction of sp³-hybridized carbons (Fsp3) is 0.417. The maximum absolute atomic E-state index is 13.4. The normalized spacial score (nSPS) is 15.0. The van der Waals surface area contributed by atoms with Crippen molar-refractivity contribution in [1.29, 1.82) is 0 Å². The van der Waals surface area contributed by atoms with Crippen LogP contribution in [0.4, 0.5) is 0 Å². The van der Waals surface area contributed by atoms with Gasteiger partial charge in [0.15, 0.2) is 0 Å². The van der Waals surface area contributed by atoms with Gasteiger partial charge in [-0.05, 0) is 54.7 Å². The molecule has 1 fully saturated rings. The zero-order chi connectivity index (χ0) is 22.4. The van der Waals surface area contributed by atoms with Crippen molar-refractivity contribution < 1.29 is 9.59 Å². The number of hydrogen-bond donors (Lipinski definition) is 1. The molecule has 1 atom stereocenters. The predicted octanol–water partition coefficient (Wildman–Crippen LogP) is 6.06. The Labute approximate surface area is 198 Å². The number of nitrogens with zero attached hydrogens (tertiary/aromatic N) is 1. The van der Waals surface area contributed by atoms with Gasteiger partial charge >= 0.3 is 0 Å². The zero-order valence-corrected chi connectivity index (χ0v) is 19.8. The monoisotopic (exact) mass is 480 g/mol. The van der Waals surface area contributed by atoms with E-state index in [9.17, 15) is 9.59 Å². The minimum absolute atomic E-state index is 0.103. The third-order valence-electron chi connectivity index (χ3n) is 5.67. The highest BCUT2D eigenvalue weighted by Gasteiger charge is 2.30. The molecule has 4 nitrogen and oxygen atoms in total. The molecule has 0 bridgehead atoms. The van der Waals surface area contributed by atoms with Gasteiger partial charge in [0.05, 0.1) is 16.5 Å². The van der Waals surface area contributed by atoms with Crippen LogP contribution < -0.4 is 5.32 Å². The first-order chi connectivity index (χ1) is 14.9. The lowest BCUT2D eigenvalue weighted by molar-refractivity contribution is -0.141. The van der Waals surface area contributed by atoms with E-state index in [1.807, 2.05) is 25.1 Å². The Morgan fingerprint density at radius 2 is 1.77 bits per heavy atom. The fourth-order valence-corrected chi connectivity index (χ4v) is 4.58. The predicted molar refractivity (Wildman–Crippen MR) is 127 cm³/mol. The zero-order valence-electron chi connectivity index (χ0n) is 17.5. The molecule has 7 heteroatoms. The Balaban J connectivity index is 1.84. The van der Waals surface area contributed by atoms with Gasteiger partial charge in [-0.1, -0.05) is 72.8 Å². The Morgan fingerprint density at radius 1 is 1.03 bits per heavy atom. The van der Waals surface area contributed by atoms with Gasteiger partial charge in [-0.25, -0.2) is 0 Å². The maximum Gasteiger partial charge on any atom is 0.243 e. The summed E-state index contributed by atoms with van der Waals surface area (Å²) in [7, 11) is 0. The molecule has 2 aromatic rings. The molecule has 166 valence electrons. The fourth-order valence-electron chi connectivity index (χ4n) is 4.04. The van der Waals surface area contributed by atoms with Crippen LogP contribution in [0.1, 0.15) is 50.2 Å². The van der Waals surface area contributed by atoms with Crippen molar-refractivity contribution in [2.45, 2.75) is 64.1 Å². The van der Waals surface area contributed by atoms with Crippen LogP contribution in [0.5, 0.6) is 0 Å². The Bertz CT molecular complexity index is 929. The van der Waals surface area contributed by atoms with E-state index in [1.54, 1.807) is 29.2 Å². The van der Waals surface area contributed by atoms with Crippen LogP contribution in [-0.4, -0.2) is 28.8 Å². The van der Waals surface area contributed by atoms with Crippen LogP contribution in [0, 0.1) is 0 Å². The van der Waals surface area contributed by atoms with E-state index in [-0.39, 0.29) is 30.8 Å². The summed E-state index contributed by atoms with van der Waals surface area (Å²) in [5.41, 5.74) is 1.63. The average molecular weight is 482 g/mol. The van der Waals surface area contributed by atoms with Gasteiger partial charge in [-0.3, -0.25) is 9.59 Å². The molecule has 1 saturated carbocycles. The minimum Gasteiger partial charge on any atom is -0.352 e. The van der Waals surface area contributed by atoms with Crippen molar-refractivity contribution in [3.63, 3.8) is 0 Å². The van der Waals surface area contributed by atoms with Gasteiger partial charge in [-0.2, -0.15) is 0 Å². The molecule has 1 aliphatic rings. The maximum atomic E-state index is 13.4. The average Bonchev–Trinajstić information content (AvgIpc) is 3.23. The Hall–Kier alpha value is -1.75. The van der Waals surface area contributed by atoms with E-state index in [4.69, 9.17) is 34.8 Å². The third kappa shape index (κ3) is 6.61. The van der Waals surface area contributed by atoms with Gasteiger partial charge in [0.2, 0.25) is 11.8 Å². The molecule has 0 heterocycles. The van der Waals surface area contributed by atoms with Gasteiger partial charge in [0, 0.05) is 17.6 Å². The van der Waals surface area contributed by atoms with Crippen LogP contribution in [0.2, 0.25) is 15.1 Å². The third-order valence-corrected chi connectivity index (χ3v) is 6.64. The highest BCUT2D eigenvalue weighted by molar-refractivity contribution is 6.42. The number of carbonyl (C=O) groups excluding carboxylic acids is 2. The molecule has 31 heavy (non-hydrogen) atoms. The van der Waals surface area contributed by atoms with E-state index in [0.717, 1.165) is 36.8 Å². The molecule has 2 aromatic carbocycles. The van der Waals surface area contributed by atoms with Crippen LogP contribution in [0.15, 0.2) is 42.5 Å². The number of halogens is 3. The molecule has 0 spiro atoms. The second-order valence-electron chi connectivity index (χ2n) is 7.99. The number of amides is 2. The quantitative estimate of drug-likeness (QED) is 0.498. The summed E-state index contributed by atoms with van der Waals surface area (Å²) in [6.45, 7) is 2.19. The van der Waals surface area contributed by atoms with E-state index < -0.39 is 6.04 Å². The SMILES string of the molecule is CCC(C(=O)NC1CCCC1)N(Cc1ccc(Cl)c(Cl)c1)C(=O)Cc1cccc(Cl)c1.